The normalized spacial score (nSPS) is 11.1. The lowest BCUT2D eigenvalue weighted by Gasteiger charge is -1.87. The summed E-state index contributed by atoms with van der Waals surface area (Å²) in [6.45, 7) is 0. The van der Waals surface area contributed by atoms with E-state index in [-0.39, 0.29) is 0 Å². The molecule has 0 aliphatic heterocycles. The molecule has 0 saturated carbocycles. The second-order valence-electron chi connectivity index (χ2n) is 1.14. The molecule has 0 rings (SSSR count). The van der Waals surface area contributed by atoms with E-state index in [0.717, 1.165) is 6.26 Å². The van der Waals surface area contributed by atoms with Crippen LogP contribution in [-0.4, -0.2) is 20.9 Å². The molecule has 0 saturated heterocycles. The van der Waals surface area contributed by atoms with E-state index in [0.29, 0.717) is 6.21 Å². The molecule has 50 valence electrons. The molecule has 0 heterocycles. The summed E-state index contributed by atoms with van der Waals surface area (Å²) in [5, 5.41) is 10.6. The Morgan fingerprint density at radius 3 is 2.67 bits per heavy atom. The lowest BCUT2D eigenvalue weighted by molar-refractivity contribution is 0.345. The minimum Gasteiger partial charge on any atom is -0.268 e. The van der Waals surface area contributed by atoms with E-state index < -0.39 is 10.1 Å². The highest BCUT2D eigenvalue weighted by atomic mass is 32.2. The standard InChI is InChI=1S/C3H4N2O3S/c1-9(6,7)8-5-3-2-4/h3H,1H3. The maximum Gasteiger partial charge on any atom is 0.325 e. The molecular weight excluding hydrogens is 144 g/mol. The van der Waals surface area contributed by atoms with Crippen LogP contribution in [0.4, 0.5) is 0 Å². The first-order valence-electron chi connectivity index (χ1n) is 1.86. The summed E-state index contributed by atoms with van der Waals surface area (Å²) >= 11 is 0. The van der Waals surface area contributed by atoms with Crippen LogP contribution in [0.1, 0.15) is 0 Å². The number of oxime groups is 1. The van der Waals surface area contributed by atoms with Gasteiger partial charge in [-0.25, -0.2) is 0 Å². The van der Waals surface area contributed by atoms with Crippen molar-refractivity contribution in [1.82, 2.24) is 0 Å². The van der Waals surface area contributed by atoms with Crippen LogP contribution in [0.2, 0.25) is 0 Å². The number of nitriles is 1. The van der Waals surface area contributed by atoms with Crippen LogP contribution >= 0.6 is 0 Å². The predicted molar refractivity (Wildman–Crippen MR) is 30.0 cm³/mol. The van der Waals surface area contributed by atoms with Crippen molar-refractivity contribution in [2.75, 3.05) is 6.26 Å². The molecule has 0 amide bonds. The van der Waals surface area contributed by atoms with Gasteiger partial charge in [0.2, 0.25) is 0 Å². The first-order chi connectivity index (χ1) is 4.06. The average Bonchev–Trinajstić information content (AvgIpc) is 1.63. The fraction of sp³-hybridized carbons (Fsp3) is 0.333. The Balaban J connectivity index is 3.83. The topological polar surface area (TPSA) is 79.5 Å². The highest BCUT2D eigenvalue weighted by Crippen LogP contribution is 1.83. The Bertz CT molecular complexity index is 234. The van der Waals surface area contributed by atoms with E-state index in [9.17, 15) is 8.42 Å². The highest BCUT2D eigenvalue weighted by molar-refractivity contribution is 7.85. The fourth-order valence-electron chi connectivity index (χ4n) is 0.123. The van der Waals surface area contributed by atoms with Crippen LogP contribution in [0.15, 0.2) is 5.16 Å². The molecule has 0 fully saturated rings. The minimum absolute atomic E-state index is 0.682. The van der Waals surface area contributed by atoms with E-state index in [1.165, 1.54) is 6.07 Å². The maximum atomic E-state index is 10.1. The third-order valence-electron chi connectivity index (χ3n) is 0.289. The summed E-state index contributed by atoms with van der Waals surface area (Å²) in [5.74, 6) is 0. The van der Waals surface area contributed by atoms with Crippen molar-refractivity contribution >= 4 is 16.3 Å². The van der Waals surface area contributed by atoms with Gasteiger partial charge in [0.15, 0.2) is 0 Å². The van der Waals surface area contributed by atoms with Crippen molar-refractivity contribution in [2.24, 2.45) is 5.16 Å². The Hall–Kier alpha value is -1.09. The minimum atomic E-state index is -3.55. The van der Waals surface area contributed by atoms with E-state index in [1.54, 1.807) is 0 Å². The molecule has 0 unspecified atom stereocenters. The molecule has 9 heavy (non-hydrogen) atoms. The Morgan fingerprint density at radius 2 is 2.33 bits per heavy atom. The quantitative estimate of drug-likeness (QED) is 0.389. The molecule has 0 aromatic heterocycles. The van der Waals surface area contributed by atoms with E-state index >= 15 is 0 Å². The zero-order chi connectivity index (χ0) is 7.33. The van der Waals surface area contributed by atoms with Gasteiger partial charge < -0.3 is 0 Å². The first-order valence-corrected chi connectivity index (χ1v) is 3.68. The highest BCUT2D eigenvalue weighted by Gasteiger charge is 1.96. The first kappa shape index (κ1) is 7.91. The fourth-order valence-corrected chi connectivity index (χ4v) is 0.323. The smallest absolute Gasteiger partial charge is 0.268 e. The third kappa shape index (κ3) is 6.91. The van der Waals surface area contributed by atoms with Gasteiger partial charge in [0.05, 0.1) is 6.26 Å². The molecule has 0 radical (unpaired) electrons. The molecule has 6 heteroatoms. The molecule has 5 nitrogen and oxygen atoms in total. The van der Waals surface area contributed by atoms with Crippen molar-refractivity contribution in [2.45, 2.75) is 0 Å². The summed E-state index contributed by atoms with van der Waals surface area (Å²) in [6.07, 6.45) is 1.52. The van der Waals surface area contributed by atoms with Gasteiger partial charge in [0.25, 0.3) is 0 Å². The Morgan fingerprint density at radius 1 is 1.78 bits per heavy atom. The van der Waals surface area contributed by atoms with Crippen molar-refractivity contribution in [1.29, 1.82) is 5.26 Å². The lowest BCUT2D eigenvalue weighted by Crippen LogP contribution is -1.96. The van der Waals surface area contributed by atoms with E-state index in [1.807, 2.05) is 0 Å². The number of hydrogen-bond acceptors (Lipinski definition) is 5. The molecule has 0 N–H and O–H groups in total. The molecule has 0 bridgehead atoms. The van der Waals surface area contributed by atoms with E-state index in [4.69, 9.17) is 5.26 Å². The van der Waals surface area contributed by atoms with Gasteiger partial charge in [-0.05, 0) is 0 Å². The monoisotopic (exact) mass is 148 g/mol. The molecular formula is C3H4N2O3S. The van der Waals surface area contributed by atoms with Crippen LogP contribution in [0, 0.1) is 11.3 Å². The van der Waals surface area contributed by atoms with Crippen LogP contribution < -0.4 is 0 Å². The van der Waals surface area contributed by atoms with Gasteiger partial charge >= 0.3 is 10.1 Å². The maximum absolute atomic E-state index is 10.1. The van der Waals surface area contributed by atoms with Gasteiger partial charge in [0, 0.05) is 0 Å². The number of hydrogen-bond donors (Lipinski definition) is 0. The molecule has 0 aliphatic rings. The van der Waals surface area contributed by atoms with Gasteiger partial charge in [-0.2, -0.15) is 13.7 Å². The van der Waals surface area contributed by atoms with Gasteiger partial charge in [-0.3, -0.25) is 4.28 Å². The SMILES string of the molecule is CS(=O)(=O)ON=CC#N. The molecule has 0 aromatic carbocycles. The zero-order valence-corrected chi connectivity index (χ0v) is 5.42. The summed E-state index contributed by atoms with van der Waals surface area (Å²) in [5.41, 5.74) is 0. The average molecular weight is 148 g/mol. The number of nitrogens with zero attached hydrogens (tertiary/aromatic N) is 2. The van der Waals surface area contributed by atoms with Crippen molar-refractivity contribution in [3.8, 4) is 6.07 Å². The zero-order valence-electron chi connectivity index (χ0n) is 4.60. The second-order valence-corrected chi connectivity index (χ2v) is 2.70. The molecule has 0 spiro atoms. The van der Waals surface area contributed by atoms with Crippen molar-refractivity contribution < 1.29 is 12.7 Å². The van der Waals surface area contributed by atoms with Crippen LogP contribution in [0.5, 0.6) is 0 Å². The summed E-state index contributed by atoms with van der Waals surface area (Å²) in [7, 11) is -3.55. The van der Waals surface area contributed by atoms with E-state index in [2.05, 4.69) is 9.44 Å². The molecule has 0 atom stereocenters. The van der Waals surface area contributed by atoms with Gasteiger partial charge in [-0.1, -0.05) is 5.16 Å². The summed E-state index contributed by atoms with van der Waals surface area (Å²) < 4.78 is 23.9. The van der Waals surface area contributed by atoms with Gasteiger partial charge in [-0.15, -0.1) is 0 Å². The van der Waals surface area contributed by atoms with Gasteiger partial charge in [0.1, 0.15) is 12.3 Å². The van der Waals surface area contributed by atoms with Crippen LogP contribution in [-0.2, 0) is 14.4 Å². The van der Waals surface area contributed by atoms with Crippen LogP contribution in [0.25, 0.3) is 0 Å². The third-order valence-corrected chi connectivity index (χ3v) is 0.646. The summed E-state index contributed by atoms with van der Waals surface area (Å²) in [4.78, 5) is 0. The largest absolute Gasteiger partial charge is 0.325 e. The molecule has 0 aromatic rings. The lowest BCUT2D eigenvalue weighted by atomic mass is 10.9. The summed E-state index contributed by atoms with van der Waals surface area (Å²) in [6, 6.07) is 1.46. The Labute approximate surface area is 52.7 Å². The second kappa shape index (κ2) is 3.04. The molecule has 0 aliphatic carbocycles. The van der Waals surface area contributed by atoms with Crippen molar-refractivity contribution in [3.63, 3.8) is 0 Å². The van der Waals surface area contributed by atoms with Crippen LogP contribution in [0.3, 0.4) is 0 Å². The van der Waals surface area contributed by atoms with Crippen molar-refractivity contribution in [3.05, 3.63) is 0 Å². The predicted octanol–water partition coefficient (Wildman–Crippen LogP) is -0.528. The Kier molecular flexibility index (Phi) is 2.67. The number of rotatable bonds is 2.